The zero-order chi connectivity index (χ0) is 19.4. The maximum absolute atomic E-state index is 12.6. The van der Waals surface area contributed by atoms with Crippen molar-refractivity contribution < 1.29 is 19.5 Å². The molecule has 2 amide bonds. The molecule has 0 bridgehead atoms. The summed E-state index contributed by atoms with van der Waals surface area (Å²) in [6.07, 6.45) is 0.482. The first kappa shape index (κ1) is 18.9. The maximum Gasteiger partial charge on any atom is 0.326 e. The lowest BCUT2D eigenvalue weighted by Crippen LogP contribution is -2.46. The third-order valence-corrected chi connectivity index (χ3v) is 4.77. The summed E-state index contributed by atoms with van der Waals surface area (Å²) in [5, 5.41) is 12.4. The van der Waals surface area contributed by atoms with Crippen LogP contribution in [0.15, 0.2) is 54.6 Å². The number of nitrogens with one attached hydrogen (secondary N) is 1. The number of halogens is 1. The first-order chi connectivity index (χ1) is 13.0. The Morgan fingerprint density at radius 2 is 1.93 bits per heavy atom. The van der Waals surface area contributed by atoms with E-state index >= 15 is 0 Å². The Balaban J connectivity index is 1.68. The second-order valence-electron chi connectivity index (χ2n) is 6.40. The van der Waals surface area contributed by atoms with Gasteiger partial charge in [0.15, 0.2) is 0 Å². The molecular formula is C20H19ClN2O4. The van der Waals surface area contributed by atoms with E-state index in [1.165, 1.54) is 4.90 Å². The van der Waals surface area contributed by atoms with Crippen molar-refractivity contribution in [3.63, 3.8) is 0 Å². The highest BCUT2D eigenvalue weighted by Gasteiger charge is 2.39. The normalized spacial score (nSPS) is 17.6. The molecule has 2 aromatic carbocycles. The summed E-state index contributed by atoms with van der Waals surface area (Å²) in [6, 6.07) is 14.8. The molecule has 3 rings (SSSR count). The molecule has 1 heterocycles. The third-order valence-electron chi connectivity index (χ3n) is 4.54. The number of benzene rings is 2. The summed E-state index contributed by atoms with van der Waals surface area (Å²) < 4.78 is 0. The van der Waals surface area contributed by atoms with E-state index in [0.29, 0.717) is 23.7 Å². The SMILES string of the molecule is O=C(N[C@H](Cc1ccccc1)C(=O)O)C1CCN(c2cccc(Cl)c2)C1=O. The third kappa shape index (κ3) is 4.46. The Morgan fingerprint density at radius 3 is 2.59 bits per heavy atom. The molecule has 6 nitrogen and oxygen atoms in total. The molecule has 0 radical (unpaired) electrons. The average molecular weight is 387 g/mol. The highest BCUT2D eigenvalue weighted by Crippen LogP contribution is 2.27. The monoisotopic (exact) mass is 386 g/mol. The van der Waals surface area contributed by atoms with Crippen LogP contribution < -0.4 is 10.2 Å². The van der Waals surface area contributed by atoms with Gasteiger partial charge in [0.25, 0.3) is 0 Å². The predicted molar refractivity (Wildman–Crippen MR) is 102 cm³/mol. The lowest BCUT2D eigenvalue weighted by molar-refractivity contribution is -0.143. The van der Waals surface area contributed by atoms with Crippen molar-refractivity contribution in [1.82, 2.24) is 5.32 Å². The smallest absolute Gasteiger partial charge is 0.326 e. The number of rotatable bonds is 6. The van der Waals surface area contributed by atoms with Gasteiger partial charge >= 0.3 is 5.97 Å². The van der Waals surface area contributed by atoms with Crippen molar-refractivity contribution in [3.8, 4) is 0 Å². The lowest BCUT2D eigenvalue weighted by atomic mass is 10.0. The molecule has 0 saturated carbocycles. The van der Waals surface area contributed by atoms with Crippen molar-refractivity contribution in [2.75, 3.05) is 11.4 Å². The average Bonchev–Trinajstić information content (AvgIpc) is 3.03. The van der Waals surface area contributed by atoms with Crippen LogP contribution in [-0.4, -0.2) is 35.5 Å². The Labute approximate surface area is 161 Å². The molecule has 140 valence electrons. The number of anilines is 1. The molecule has 1 saturated heterocycles. The minimum atomic E-state index is -1.13. The molecule has 7 heteroatoms. The molecule has 0 spiro atoms. The molecule has 1 aliphatic rings. The number of aliphatic carboxylic acids is 1. The largest absolute Gasteiger partial charge is 0.480 e. The number of hydrogen-bond donors (Lipinski definition) is 2. The Hall–Kier alpha value is -2.86. The van der Waals surface area contributed by atoms with Crippen molar-refractivity contribution >= 4 is 35.1 Å². The van der Waals surface area contributed by atoms with Crippen molar-refractivity contribution in [2.45, 2.75) is 18.9 Å². The fraction of sp³-hybridized carbons (Fsp3) is 0.250. The van der Waals surface area contributed by atoms with E-state index in [-0.39, 0.29) is 12.3 Å². The lowest BCUT2D eigenvalue weighted by Gasteiger charge is -2.19. The number of nitrogens with zero attached hydrogens (tertiary/aromatic N) is 1. The molecule has 1 unspecified atom stereocenters. The summed E-state index contributed by atoms with van der Waals surface area (Å²) in [7, 11) is 0. The molecule has 2 N–H and O–H groups in total. The minimum Gasteiger partial charge on any atom is -0.480 e. The van der Waals surface area contributed by atoms with E-state index in [1.54, 1.807) is 48.5 Å². The molecular weight excluding hydrogens is 368 g/mol. The van der Waals surface area contributed by atoms with Crippen LogP contribution in [0.5, 0.6) is 0 Å². The van der Waals surface area contributed by atoms with Gasteiger partial charge in [0.1, 0.15) is 12.0 Å². The molecule has 2 atom stereocenters. The van der Waals surface area contributed by atoms with Gasteiger partial charge in [-0.3, -0.25) is 9.59 Å². The van der Waals surface area contributed by atoms with Gasteiger partial charge in [-0.25, -0.2) is 4.79 Å². The van der Waals surface area contributed by atoms with Gasteiger partial charge < -0.3 is 15.3 Å². The van der Waals surface area contributed by atoms with Crippen LogP contribution in [0.3, 0.4) is 0 Å². The van der Waals surface area contributed by atoms with Crippen LogP contribution in [0.1, 0.15) is 12.0 Å². The Kier molecular flexibility index (Phi) is 5.76. The summed E-state index contributed by atoms with van der Waals surface area (Å²) in [6.45, 7) is 0.383. The fourth-order valence-corrected chi connectivity index (χ4v) is 3.33. The summed E-state index contributed by atoms with van der Waals surface area (Å²) >= 11 is 5.97. The Morgan fingerprint density at radius 1 is 1.19 bits per heavy atom. The number of carbonyl (C=O) groups excluding carboxylic acids is 2. The second-order valence-corrected chi connectivity index (χ2v) is 6.84. The molecule has 27 heavy (non-hydrogen) atoms. The highest BCUT2D eigenvalue weighted by atomic mass is 35.5. The summed E-state index contributed by atoms with van der Waals surface area (Å²) in [4.78, 5) is 38.2. The van der Waals surface area contributed by atoms with Crippen molar-refractivity contribution in [3.05, 3.63) is 65.2 Å². The zero-order valence-corrected chi connectivity index (χ0v) is 15.2. The summed E-state index contributed by atoms with van der Waals surface area (Å²) in [5.41, 5.74) is 1.42. The molecule has 2 aromatic rings. The van der Waals surface area contributed by atoms with Crippen LogP contribution >= 0.6 is 11.6 Å². The van der Waals surface area contributed by atoms with Crippen LogP contribution in [0.25, 0.3) is 0 Å². The second kappa shape index (κ2) is 8.22. The first-order valence-electron chi connectivity index (χ1n) is 8.60. The van der Waals surface area contributed by atoms with Gasteiger partial charge in [0.05, 0.1) is 0 Å². The van der Waals surface area contributed by atoms with Crippen LogP contribution in [0.2, 0.25) is 5.02 Å². The van der Waals surface area contributed by atoms with Gasteiger partial charge in [0.2, 0.25) is 11.8 Å². The van der Waals surface area contributed by atoms with Gasteiger partial charge in [-0.15, -0.1) is 0 Å². The topological polar surface area (TPSA) is 86.7 Å². The summed E-state index contributed by atoms with van der Waals surface area (Å²) in [5.74, 6) is -2.95. The molecule has 0 aromatic heterocycles. The molecule has 1 aliphatic heterocycles. The number of carboxylic acid groups (broad SMARTS) is 1. The van der Waals surface area contributed by atoms with Crippen LogP contribution in [-0.2, 0) is 20.8 Å². The fourth-order valence-electron chi connectivity index (χ4n) is 3.15. The van der Waals surface area contributed by atoms with E-state index in [1.807, 2.05) is 6.07 Å². The van der Waals surface area contributed by atoms with E-state index < -0.39 is 23.8 Å². The van der Waals surface area contributed by atoms with Gasteiger partial charge in [-0.05, 0) is 30.2 Å². The van der Waals surface area contributed by atoms with E-state index in [9.17, 15) is 19.5 Å². The number of hydrogen-bond acceptors (Lipinski definition) is 3. The zero-order valence-electron chi connectivity index (χ0n) is 14.5. The number of carboxylic acids is 1. The Bertz CT molecular complexity index is 856. The standard InChI is InChI=1S/C20H19ClN2O4/c21-14-7-4-8-15(12-14)23-10-9-16(19(23)25)18(24)22-17(20(26)27)11-13-5-2-1-3-6-13/h1-8,12,16-17H,9-11H2,(H,22,24)(H,26,27)/t16?,17-/m1/s1. The highest BCUT2D eigenvalue weighted by molar-refractivity contribution is 6.31. The number of carbonyl (C=O) groups is 3. The quantitative estimate of drug-likeness (QED) is 0.747. The van der Waals surface area contributed by atoms with Crippen molar-refractivity contribution in [1.29, 1.82) is 0 Å². The van der Waals surface area contributed by atoms with E-state index in [4.69, 9.17) is 11.6 Å². The van der Waals surface area contributed by atoms with Crippen molar-refractivity contribution in [2.24, 2.45) is 5.92 Å². The van der Waals surface area contributed by atoms with E-state index in [2.05, 4.69) is 5.32 Å². The molecule has 0 aliphatic carbocycles. The minimum absolute atomic E-state index is 0.154. The van der Waals surface area contributed by atoms with Crippen LogP contribution in [0.4, 0.5) is 5.69 Å². The van der Waals surface area contributed by atoms with Gasteiger partial charge in [0, 0.05) is 23.7 Å². The van der Waals surface area contributed by atoms with Crippen LogP contribution in [0, 0.1) is 5.92 Å². The maximum atomic E-state index is 12.6. The predicted octanol–water partition coefficient (Wildman–Crippen LogP) is 2.51. The van der Waals surface area contributed by atoms with E-state index in [0.717, 1.165) is 5.56 Å². The first-order valence-corrected chi connectivity index (χ1v) is 8.97. The van der Waals surface area contributed by atoms with Gasteiger partial charge in [-0.2, -0.15) is 0 Å². The molecule has 1 fully saturated rings. The number of amides is 2. The van der Waals surface area contributed by atoms with Gasteiger partial charge in [-0.1, -0.05) is 48.0 Å².